The average molecular weight is 207 g/mol. The SMILES string of the molecule is Cc1ccc(F)cc1C(N)C1CCCC1. The Morgan fingerprint density at radius 2 is 2.00 bits per heavy atom. The third-order valence-corrected chi connectivity index (χ3v) is 3.51. The molecule has 1 aliphatic rings. The van der Waals surface area contributed by atoms with E-state index in [-0.39, 0.29) is 11.9 Å². The molecule has 1 aromatic carbocycles. The molecule has 1 fully saturated rings. The Balaban J connectivity index is 2.23. The van der Waals surface area contributed by atoms with Crippen molar-refractivity contribution < 1.29 is 4.39 Å². The van der Waals surface area contributed by atoms with Gasteiger partial charge in [-0.25, -0.2) is 4.39 Å². The minimum absolute atomic E-state index is 0.0169. The van der Waals surface area contributed by atoms with Gasteiger partial charge in [-0.2, -0.15) is 0 Å². The van der Waals surface area contributed by atoms with E-state index in [4.69, 9.17) is 5.73 Å². The summed E-state index contributed by atoms with van der Waals surface area (Å²) in [7, 11) is 0. The van der Waals surface area contributed by atoms with Crippen LogP contribution in [0.4, 0.5) is 4.39 Å². The molecule has 0 spiro atoms. The minimum Gasteiger partial charge on any atom is -0.324 e. The number of halogens is 1. The molecule has 0 radical (unpaired) electrons. The fourth-order valence-electron chi connectivity index (χ4n) is 2.54. The topological polar surface area (TPSA) is 26.0 Å². The highest BCUT2D eigenvalue weighted by atomic mass is 19.1. The molecule has 2 heteroatoms. The summed E-state index contributed by atoms with van der Waals surface area (Å²) in [5.41, 5.74) is 8.30. The van der Waals surface area contributed by atoms with Gasteiger partial charge in [0.25, 0.3) is 0 Å². The van der Waals surface area contributed by atoms with E-state index in [9.17, 15) is 4.39 Å². The first-order chi connectivity index (χ1) is 7.18. The summed E-state index contributed by atoms with van der Waals surface area (Å²) in [4.78, 5) is 0. The number of aryl methyl sites for hydroxylation is 1. The number of nitrogens with two attached hydrogens (primary N) is 1. The molecule has 1 nitrogen and oxygen atoms in total. The molecule has 82 valence electrons. The van der Waals surface area contributed by atoms with E-state index in [1.807, 2.05) is 13.0 Å². The normalized spacial score (nSPS) is 19.4. The number of hydrogen-bond acceptors (Lipinski definition) is 1. The fraction of sp³-hybridized carbons (Fsp3) is 0.538. The molecular formula is C13H18FN. The molecule has 0 amide bonds. The number of benzene rings is 1. The van der Waals surface area contributed by atoms with Crippen molar-refractivity contribution in [3.05, 3.63) is 35.1 Å². The predicted molar refractivity (Wildman–Crippen MR) is 60.0 cm³/mol. The zero-order chi connectivity index (χ0) is 10.8. The summed E-state index contributed by atoms with van der Waals surface area (Å²) in [6, 6.07) is 4.93. The molecule has 0 saturated heterocycles. The quantitative estimate of drug-likeness (QED) is 0.791. The maximum absolute atomic E-state index is 13.1. The van der Waals surface area contributed by atoms with Gasteiger partial charge in [0.05, 0.1) is 0 Å². The summed E-state index contributed by atoms with van der Waals surface area (Å²) in [6.45, 7) is 2.00. The molecule has 2 rings (SSSR count). The lowest BCUT2D eigenvalue weighted by atomic mass is 9.90. The summed E-state index contributed by atoms with van der Waals surface area (Å²) >= 11 is 0. The van der Waals surface area contributed by atoms with Gasteiger partial charge in [-0.1, -0.05) is 18.9 Å². The van der Waals surface area contributed by atoms with Crippen LogP contribution in [0.3, 0.4) is 0 Å². The second-order valence-corrected chi connectivity index (χ2v) is 4.57. The van der Waals surface area contributed by atoms with E-state index in [1.54, 1.807) is 6.07 Å². The van der Waals surface area contributed by atoms with Crippen molar-refractivity contribution in [2.24, 2.45) is 11.7 Å². The monoisotopic (exact) mass is 207 g/mol. The third-order valence-electron chi connectivity index (χ3n) is 3.51. The lowest BCUT2D eigenvalue weighted by Crippen LogP contribution is -2.20. The van der Waals surface area contributed by atoms with Crippen molar-refractivity contribution in [2.75, 3.05) is 0 Å². The zero-order valence-corrected chi connectivity index (χ0v) is 9.17. The van der Waals surface area contributed by atoms with Crippen LogP contribution in [0.25, 0.3) is 0 Å². The van der Waals surface area contributed by atoms with E-state index in [0.717, 1.165) is 11.1 Å². The summed E-state index contributed by atoms with van der Waals surface area (Å²) in [6.07, 6.45) is 4.92. The molecule has 1 aliphatic carbocycles. The van der Waals surface area contributed by atoms with Gasteiger partial charge in [-0.15, -0.1) is 0 Å². The van der Waals surface area contributed by atoms with Gasteiger partial charge in [0.2, 0.25) is 0 Å². The highest BCUT2D eigenvalue weighted by Crippen LogP contribution is 2.35. The molecule has 1 atom stereocenters. The highest BCUT2D eigenvalue weighted by molar-refractivity contribution is 5.29. The van der Waals surface area contributed by atoms with Gasteiger partial charge in [-0.05, 0) is 48.9 Å². The van der Waals surface area contributed by atoms with Crippen LogP contribution in [-0.2, 0) is 0 Å². The van der Waals surface area contributed by atoms with Crippen molar-refractivity contribution in [1.29, 1.82) is 0 Å². The van der Waals surface area contributed by atoms with Crippen molar-refractivity contribution in [2.45, 2.75) is 38.6 Å². The summed E-state index contributed by atoms with van der Waals surface area (Å²) in [5.74, 6) is 0.370. The van der Waals surface area contributed by atoms with Gasteiger partial charge < -0.3 is 5.73 Å². The number of rotatable bonds is 2. The van der Waals surface area contributed by atoms with Crippen molar-refractivity contribution in [3.63, 3.8) is 0 Å². The van der Waals surface area contributed by atoms with E-state index >= 15 is 0 Å². The fourth-order valence-corrected chi connectivity index (χ4v) is 2.54. The second-order valence-electron chi connectivity index (χ2n) is 4.57. The lowest BCUT2D eigenvalue weighted by molar-refractivity contribution is 0.441. The van der Waals surface area contributed by atoms with Crippen LogP contribution in [0.2, 0.25) is 0 Å². The molecule has 15 heavy (non-hydrogen) atoms. The largest absolute Gasteiger partial charge is 0.324 e. The first kappa shape index (κ1) is 10.6. The number of hydrogen-bond donors (Lipinski definition) is 1. The van der Waals surface area contributed by atoms with Crippen LogP contribution in [0.5, 0.6) is 0 Å². The van der Waals surface area contributed by atoms with Crippen molar-refractivity contribution in [1.82, 2.24) is 0 Å². The maximum Gasteiger partial charge on any atom is 0.123 e. The molecule has 0 bridgehead atoms. The van der Waals surface area contributed by atoms with Crippen molar-refractivity contribution >= 4 is 0 Å². The van der Waals surface area contributed by atoms with E-state index in [2.05, 4.69) is 0 Å². The molecule has 1 unspecified atom stereocenters. The minimum atomic E-state index is -0.177. The van der Waals surface area contributed by atoms with Crippen LogP contribution in [0.1, 0.15) is 42.9 Å². The van der Waals surface area contributed by atoms with Crippen LogP contribution in [0, 0.1) is 18.7 Å². The lowest BCUT2D eigenvalue weighted by Gasteiger charge is -2.21. The van der Waals surface area contributed by atoms with Gasteiger partial charge in [0.15, 0.2) is 0 Å². The van der Waals surface area contributed by atoms with Gasteiger partial charge in [-0.3, -0.25) is 0 Å². The van der Waals surface area contributed by atoms with Crippen LogP contribution < -0.4 is 5.73 Å². The molecule has 0 heterocycles. The summed E-state index contributed by atoms with van der Waals surface area (Å²) < 4.78 is 13.1. The van der Waals surface area contributed by atoms with Gasteiger partial charge >= 0.3 is 0 Å². The van der Waals surface area contributed by atoms with Crippen molar-refractivity contribution in [3.8, 4) is 0 Å². The van der Waals surface area contributed by atoms with Crippen LogP contribution in [0.15, 0.2) is 18.2 Å². The summed E-state index contributed by atoms with van der Waals surface area (Å²) in [5, 5.41) is 0. The van der Waals surface area contributed by atoms with E-state index < -0.39 is 0 Å². The molecule has 0 aromatic heterocycles. The van der Waals surface area contributed by atoms with E-state index in [1.165, 1.54) is 31.7 Å². The second kappa shape index (κ2) is 4.31. The van der Waals surface area contributed by atoms with E-state index in [0.29, 0.717) is 5.92 Å². The van der Waals surface area contributed by atoms with Gasteiger partial charge in [0.1, 0.15) is 5.82 Å². The zero-order valence-electron chi connectivity index (χ0n) is 9.17. The Labute approximate surface area is 90.5 Å². The Kier molecular flexibility index (Phi) is 3.06. The van der Waals surface area contributed by atoms with Crippen LogP contribution >= 0.6 is 0 Å². The molecule has 0 aliphatic heterocycles. The predicted octanol–water partition coefficient (Wildman–Crippen LogP) is 3.32. The Morgan fingerprint density at radius 3 is 2.67 bits per heavy atom. The molecule has 2 N–H and O–H groups in total. The first-order valence-corrected chi connectivity index (χ1v) is 5.70. The van der Waals surface area contributed by atoms with Crippen LogP contribution in [-0.4, -0.2) is 0 Å². The Bertz CT molecular complexity index is 342. The maximum atomic E-state index is 13.1. The average Bonchev–Trinajstić information content (AvgIpc) is 2.74. The first-order valence-electron chi connectivity index (χ1n) is 5.70. The third kappa shape index (κ3) is 2.20. The molecule has 1 saturated carbocycles. The molecule has 1 aromatic rings. The Hall–Kier alpha value is -0.890. The Morgan fingerprint density at radius 1 is 1.33 bits per heavy atom. The smallest absolute Gasteiger partial charge is 0.123 e. The van der Waals surface area contributed by atoms with Gasteiger partial charge in [0, 0.05) is 6.04 Å². The highest BCUT2D eigenvalue weighted by Gasteiger charge is 2.24. The standard InChI is InChI=1S/C13H18FN/c1-9-6-7-11(14)8-12(9)13(15)10-4-2-3-5-10/h6-8,10,13H,2-5,15H2,1H3. The molecular weight excluding hydrogens is 189 g/mol.